The van der Waals surface area contributed by atoms with E-state index in [0.717, 1.165) is 6.42 Å². The molecule has 0 saturated heterocycles. The average molecular weight is 272 g/mol. The first-order chi connectivity index (χ1) is 8.83. The van der Waals surface area contributed by atoms with E-state index in [1.165, 1.54) is 4.90 Å². The minimum Gasteiger partial charge on any atom is -0.465 e. The van der Waals surface area contributed by atoms with Crippen LogP contribution < -0.4 is 5.73 Å². The third kappa shape index (κ3) is 6.57. The lowest BCUT2D eigenvalue weighted by atomic mass is 9.98. The molecule has 0 saturated carbocycles. The molecule has 0 rings (SSSR count). The highest BCUT2D eigenvalue weighted by atomic mass is 16.5. The molecule has 0 radical (unpaired) electrons. The van der Waals surface area contributed by atoms with Crippen LogP contribution >= 0.6 is 0 Å². The summed E-state index contributed by atoms with van der Waals surface area (Å²) in [6.45, 7) is 10.5. The van der Waals surface area contributed by atoms with E-state index in [-0.39, 0.29) is 30.3 Å². The first-order valence-electron chi connectivity index (χ1n) is 7.03. The van der Waals surface area contributed by atoms with Gasteiger partial charge in [0.1, 0.15) is 6.54 Å². The van der Waals surface area contributed by atoms with Gasteiger partial charge in [-0.3, -0.25) is 9.59 Å². The molecule has 0 bridgehead atoms. The average Bonchev–Trinajstić information content (AvgIpc) is 2.35. The van der Waals surface area contributed by atoms with E-state index in [2.05, 4.69) is 0 Å². The van der Waals surface area contributed by atoms with Gasteiger partial charge in [-0.05, 0) is 18.8 Å². The maximum Gasteiger partial charge on any atom is 0.325 e. The van der Waals surface area contributed by atoms with Crippen molar-refractivity contribution < 1.29 is 14.3 Å². The summed E-state index contributed by atoms with van der Waals surface area (Å²) in [7, 11) is 0. The van der Waals surface area contributed by atoms with E-state index in [1.807, 2.05) is 27.7 Å². The van der Waals surface area contributed by atoms with Gasteiger partial charge in [0.25, 0.3) is 0 Å². The van der Waals surface area contributed by atoms with Crippen LogP contribution in [0.25, 0.3) is 0 Å². The summed E-state index contributed by atoms with van der Waals surface area (Å²) >= 11 is 0. The standard InChI is InChI=1S/C14H28N2O3/c1-6-11(5)13(15)14(18)16(8-10(3)4)9-12(17)19-7-2/h10-11,13H,6-9,15H2,1-5H3/t11-,13-/m0/s1. The van der Waals surface area contributed by atoms with Crippen LogP contribution in [0.4, 0.5) is 0 Å². The molecule has 0 aromatic rings. The van der Waals surface area contributed by atoms with E-state index < -0.39 is 6.04 Å². The van der Waals surface area contributed by atoms with Crippen molar-refractivity contribution in [3.63, 3.8) is 0 Å². The number of nitrogens with two attached hydrogens (primary N) is 1. The number of nitrogens with zero attached hydrogens (tertiary/aromatic N) is 1. The van der Waals surface area contributed by atoms with Crippen molar-refractivity contribution in [1.82, 2.24) is 4.90 Å². The predicted molar refractivity (Wildman–Crippen MR) is 75.5 cm³/mol. The van der Waals surface area contributed by atoms with Crippen molar-refractivity contribution in [2.45, 2.75) is 47.1 Å². The van der Waals surface area contributed by atoms with E-state index in [4.69, 9.17) is 10.5 Å². The summed E-state index contributed by atoms with van der Waals surface area (Å²) in [5.74, 6) is -0.171. The van der Waals surface area contributed by atoms with Crippen molar-refractivity contribution in [2.75, 3.05) is 19.7 Å². The highest BCUT2D eigenvalue weighted by Gasteiger charge is 2.27. The molecule has 112 valence electrons. The third-order valence-corrected chi connectivity index (χ3v) is 3.06. The highest BCUT2D eigenvalue weighted by molar-refractivity contribution is 5.85. The topological polar surface area (TPSA) is 72.6 Å². The largest absolute Gasteiger partial charge is 0.465 e. The third-order valence-electron chi connectivity index (χ3n) is 3.06. The fraction of sp³-hybridized carbons (Fsp3) is 0.857. The summed E-state index contributed by atoms with van der Waals surface area (Å²) in [4.78, 5) is 25.4. The molecule has 0 aliphatic heterocycles. The molecule has 2 atom stereocenters. The van der Waals surface area contributed by atoms with Crippen molar-refractivity contribution in [1.29, 1.82) is 0 Å². The van der Waals surface area contributed by atoms with Crippen LogP contribution in [0.3, 0.4) is 0 Å². The first kappa shape index (κ1) is 17.9. The van der Waals surface area contributed by atoms with Gasteiger partial charge in [-0.15, -0.1) is 0 Å². The maximum atomic E-state index is 12.3. The van der Waals surface area contributed by atoms with Crippen LogP contribution in [0, 0.1) is 11.8 Å². The van der Waals surface area contributed by atoms with Gasteiger partial charge in [0.2, 0.25) is 5.91 Å². The van der Waals surface area contributed by atoms with Crippen LogP contribution in [-0.2, 0) is 14.3 Å². The number of carbonyl (C=O) groups excluding carboxylic acids is 2. The van der Waals surface area contributed by atoms with E-state index in [9.17, 15) is 9.59 Å². The second-order valence-electron chi connectivity index (χ2n) is 5.33. The minimum absolute atomic E-state index is 0.0189. The number of ether oxygens (including phenoxy) is 1. The fourth-order valence-corrected chi connectivity index (χ4v) is 1.74. The SMILES string of the molecule is CCOC(=O)CN(CC(C)C)C(=O)[C@@H](N)[C@@H](C)CC. The Hall–Kier alpha value is -1.10. The lowest BCUT2D eigenvalue weighted by Gasteiger charge is -2.28. The van der Waals surface area contributed by atoms with Gasteiger partial charge in [-0.1, -0.05) is 34.1 Å². The quantitative estimate of drug-likeness (QED) is 0.678. The fourth-order valence-electron chi connectivity index (χ4n) is 1.74. The van der Waals surface area contributed by atoms with Crippen molar-refractivity contribution in [3.05, 3.63) is 0 Å². The van der Waals surface area contributed by atoms with Gasteiger partial charge in [-0.2, -0.15) is 0 Å². The Balaban J connectivity index is 4.73. The molecule has 0 unspecified atom stereocenters. The van der Waals surface area contributed by atoms with Gasteiger partial charge in [0.15, 0.2) is 0 Å². The number of amides is 1. The van der Waals surface area contributed by atoms with Crippen molar-refractivity contribution >= 4 is 11.9 Å². The molecule has 1 amide bonds. The highest BCUT2D eigenvalue weighted by Crippen LogP contribution is 2.10. The van der Waals surface area contributed by atoms with E-state index in [1.54, 1.807) is 6.92 Å². The molecule has 19 heavy (non-hydrogen) atoms. The normalized spacial score (nSPS) is 14.1. The van der Waals surface area contributed by atoms with Crippen molar-refractivity contribution in [3.8, 4) is 0 Å². The molecule has 0 spiro atoms. The number of rotatable bonds is 8. The first-order valence-corrected chi connectivity index (χ1v) is 7.03. The van der Waals surface area contributed by atoms with Gasteiger partial charge >= 0.3 is 5.97 Å². The summed E-state index contributed by atoms with van der Waals surface area (Å²) in [6.07, 6.45) is 0.835. The molecular weight excluding hydrogens is 244 g/mol. The van der Waals surface area contributed by atoms with Gasteiger partial charge < -0.3 is 15.4 Å². The molecular formula is C14H28N2O3. The summed E-state index contributed by atoms with van der Waals surface area (Å²) in [6, 6.07) is -0.557. The molecule has 0 aromatic carbocycles. The molecule has 0 aromatic heterocycles. The minimum atomic E-state index is -0.557. The monoisotopic (exact) mass is 272 g/mol. The molecule has 5 nitrogen and oxygen atoms in total. The Morgan fingerprint density at radius 1 is 1.21 bits per heavy atom. The zero-order valence-corrected chi connectivity index (χ0v) is 12.8. The smallest absolute Gasteiger partial charge is 0.325 e. The van der Waals surface area contributed by atoms with E-state index in [0.29, 0.717) is 13.2 Å². The summed E-state index contributed by atoms with van der Waals surface area (Å²) in [5.41, 5.74) is 5.95. The lowest BCUT2D eigenvalue weighted by molar-refractivity contribution is -0.150. The Labute approximate surface area is 116 Å². The van der Waals surface area contributed by atoms with Crippen LogP contribution in [0.2, 0.25) is 0 Å². The molecule has 0 aliphatic carbocycles. The second-order valence-corrected chi connectivity index (χ2v) is 5.33. The molecule has 0 fully saturated rings. The molecule has 0 aliphatic rings. The molecule has 2 N–H and O–H groups in total. The van der Waals surface area contributed by atoms with Crippen LogP contribution in [0.5, 0.6) is 0 Å². The van der Waals surface area contributed by atoms with Gasteiger partial charge in [-0.25, -0.2) is 0 Å². The Bertz CT molecular complexity index is 292. The number of hydrogen-bond acceptors (Lipinski definition) is 4. The number of carbonyl (C=O) groups is 2. The number of hydrogen-bond donors (Lipinski definition) is 1. The zero-order chi connectivity index (χ0) is 15.0. The molecule has 0 heterocycles. The Morgan fingerprint density at radius 2 is 1.79 bits per heavy atom. The Kier molecular flexibility index (Phi) is 8.39. The maximum absolute atomic E-state index is 12.3. The zero-order valence-electron chi connectivity index (χ0n) is 12.8. The predicted octanol–water partition coefficient (Wildman–Crippen LogP) is 1.41. The molecule has 5 heteroatoms. The second kappa shape index (κ2) is 8.91. The van der Waals surface area contributed by atoms with Gasteiger partial charge in [0.05, 0.1) is 12.6 Å². The van der Waals surface area contributed by atoms with Crippen LogP contribution in [0.15, 0.2) is 0 Å². The van der Waals surface area contributed by atoms with Gasteiger partial charge in [0, 0.05) is 6.54 Å². The summed E-state index contributed by atoms with van der Waals surface area (Å²) in [5, 5.41) is 0. The van der Waals surface area contributed by atoms with Crippen LogP contribution in [-0.4, -0.2) is 42.5 Å². The van der Waals surface area contributed by atoms with E-state index >= 15 is 0 Å². The van der Waals surface area contributed by atoms with Crippen LogP contribution in [0.1, 0.15) is 41.0 Å². The lowest BCUT2D eigenvalue weighted by Crippen LogP contribution is -2.50. The Morgan fingerprint density at radius 3 is 2.21 bits per heavy atom. The van der Waals surface area contributed by atoms with Crippen molar-refractivity contribution in [2.24, 2.45) is 17.6 Å². The number of esters is 1. The summed E-state index contributed by atoms with van der Waals surface area (Å²) < 4.78 is 4.90.